The lowest BCUT2D eigenvalue weighted by atomic mass is 9.94. The van der Waals surface area contributed by atoms with Crippen LogP contribution in [-0.2, 0) is 4.79 Å². The summed E-state index contributed by atoms with van der Waals surface area (Å²) in [4.78, 5) is 14.9. The maximum Gasteiger partial charge on any atom is 0.306 e. The van der Waals surface area contributed by atoms with Gasteiger partial charge in [0.2, 0.25) is 0 Å². The van der Waals surface area contributed by atoms with Crippen LogP contribution in [-0.4, -0.2) is 36.2 Å². The van der Waals surface area contributed by atoms with Crippen molar-refractivity contribution in [3.05, 3.63) is 50.6 Å². The molecule has 0 radical (unpaired) electrons. The standard InChI is InChI=1S/C18H20BrNO3S/c1-23-14-4-2-12(3-5-14)17(15-6-7-16(19)24-15)20-10-8-13(9-11-20)18(21)22/h2-7,13,17H,8-11H2,1H3,(H,21,22). The molecule has 1 aromatic carbocycles. The van der Waals surface area contributed by atoms with Crippen LogP contribution in [0.15, 0.2) is 40.2 Å². The summed E-state index contributed by atoms with van der Waals surface area (Å²) in [7, 11) is 1.67. The second kappa shape index (κ2) is 7.68. The van der Waals surface area contributed by atoms with Crippen LogP contribution in [0.25, 0.3) is 0 Å². The van der Waals surface area contributed by atoms with Crippen LogP contribution in [0.3, 0.4) is 0 Å². The fourth-order valence-corrected chi connectivity index (χ4v) is 4.81. The topological polar surface area (TPSA) is 49.8 Å². The van der Waals surface area contributed by atoms with Gasteiger partial charge in [0.05, 0.1) is 22.9 Å². The number of hydrogen-bond acceptors (Lipinski definition) is 4. The maximum absolute atomic E-state index is 11.2. The van der Waals surface area contributed by atoms with Crippen LogP contribution in [0, 0.1) is 5.92 Å². The first kappa shape index (κ1) is 17.5. The minimum atomic E-state index is -0.672. The number of thiophene rings is 1. The first-order chi connectivity index (χ1) is 11.6. The number of carboxylic acid groups (broad SMARTS) is 1. The summed E-state index contributed by atoms with van der Waals surface area (Å²) in [5.74, 6) is -0.0446. The van der Waals surface area contributed by atoms with Crippen LogP contribution < -0.4 is 4.74 Å². The summed E-state index contributed by atoms with van der Waals surface area (Å²) < 4.78 is 6.37. The number of aliphatic carboxylic acids is 1. The highest BCUT2D eigenvalue weighted by Gasteiger charge is 2.30. The minimum Gasteiger partial charge on any atom is -0.497 e. The van der Waals surface area contributed by atoms with Crippen LogP contribution in [0.2, 0.25) is 0 Å². The quantitative estimate of drug-likeness (QED) is 0.794. The van der Waals surface area contributed by atoms with Crippen molar-refractivity contribution < 1.29 is 14.6 Å². The fourth-order valence-electron chi connectivity index (χ4n) is 3.22. The lowest BCUT2D eigenvalue weighted by Gasteiger charge is -2.36. The molecule has 24 heavy (non-hydrogen) atoms. The number of nitrogens with zero attached hydrogens (tertiary/aromatic N) is 1. The van der Waals surface area contributed by atoms with Gasteiger partial charge in [0.1, 0.15) is 5.75 Å². The summed E-state index contributed by atoms with van der Waals surface area (Å²) in [5, 5.41) is 9.22. The number of hydrogen-bond donors (Lipinski definition) is 1. The number of carboxylic acids is 1. The Hall–Kier alpha value is -1.37. The highest BCUT2D eigenvalue weighted by Crippen LogP contribution is 2.37. The third kappa shape index (κ3) is 3.82. The summed E-state index contributed by atoms with van der Waals surface area (Å²) >= 11 is 5.28. The molecule has 0 amide bonds. The number of rotatable bonds is 5. The second-order valence-electron chi connectivity index (χ2n) is 5.97. The molecule has 1 fully saturated rings. The van der Waals surface area contributed by atoms with Crippen LogP contribution >= 0.6 is 27.3 Å². The molecule has 1 atom stereocenters. The SMILES string of the molecule is COc1ccc(C(c2ccc(Br)s2)N2CCC(C(=O)O)CC2)cc1. The van der Waals surface area contributed by atoms with Crippen molar-refractivity contribution in [2.45, 2.75) is 18.9 Å². The molecule has 6 heteroatoms. The van der Waals surface area contributed by atoms with Crippen molar-refractivity contribution >= 4 is 33.2 Å². The van der Waals surface area contributed by atoms with E-state index in [1.165, 1.54) is 10.4 Å². The van der Waals surface area contributed by atoms with Gasteiger partial charge in [-0.25, -0.2) is 0 Å². The smallest absolute Gasteiger partial charge is 0.306 e. The summed E-state index contributed by atoms with van der Waals surface area (Å²) in [6, 6.07) is 12.5. The molecule has 128 valence electrons. The lowest BCUT2D eigenvalue weighted by Crippen LogP contribution is -2.39. The van der Waals surface area contributed by atoms with E-state index in [0.717, 1.165) is 22.6 Å². The van der Waals surface area contributed by atoms with Gasteiger partial charge in [-0.3, -0.25) is 9.69 Å². The zero-order chi connectivity index (χ0) is 17.1. The van der Waals surface area contributed by atoms with Gasteiger partial charge in [-0.2, -0.15) is 0 Å². The van der Waals surface area contributed by atoms with E-state index in [-0.39, 0.29) is 12.0 Å². The third-order valence-corrected chi connectivity index (χ3v) is 6.22. The Bertz CT molecular complexity index is 693. The molecule has 0 saturated carbocycles. The van der Waals surface area contributed by atoms with Crippen LogP contribution in [0.4, 0.5) is 0 Å². The Morgan fingerprint density at radius 1 is 1.25 bits per heavy atom. The largest absolute Gasteiger partial charge is 0.497 e. The molecular formula is C18H20BrNO3S. The van der Waals surface area contributed by atoms with Gasteiger partial charge in [-0.1, -0.05) is 12.1 Å². The summed E-state index contributed by atoms with van der Waals surface area (Å²) in [5.41, 5.74) is 1.21. The van der Waals surface area contributed by atoms with E-state index >= 15 is 0 Å². The number of ether oxygens (including phenoxy) is 1. The molecule has 0 spiro atoms. The number of piperidine rings is 1. The number of likely N-dealkylation sites (tertiary alicyclic amines) is 1. The molecule has 3 rings (SSSR count). The van der Waals surface area contributed by atoms with E-state index in [1.807, 2.05) is 12.1 Å². The summed E-state index contributed by atoms with van der Waals surface area (Å²) in [6.45, 7) is 1.59. The van der Waals surface area contributed by atoms with Gasteiger partial charge >= 0.3 is 5.97 Å². The van der Waals surface area contributed by atoms with E-state index in [0.29, 0.717) is 12.8 Å². The van der Waals surface area contributed by atoms with E-state index < -0.39 is 5.97 Å². The maximum atomic E-state index is 11.2. The van der Waals surface area contributed by atoms with E-state index in [9.17, 15) is 9.90 Å². The number of methoxy groups -OCH3 is 1. The molecule has 1 saturated heterocycles. The minimum absolute atomic E-state index is 0.155. The number of benzene rings is 1. The Morgan fingerprint density at radius 3 is 2.42 bits per heavy atom. The molecule has 1 aliphatic rings. The van der Waals surface area contributed by atoms with Gasteiger partial charge in [0.25, 0.3) is 0 Å². The molecular weight excluding hydrogens is 390 g/mol. The van der Waals surface area contributed by atoms with Gasteiger partial charge in [0, 0.05) is 4.88 Å². The lowest BCUT2D eigenvalue weighted by molar-refractivity contribution is -0.143. The van der Waals surface area contributed by atoms with E-state index in [2.05, 4.69) is 45.1 Å². The Labute approximate surface area is 154 Å². The molecule has 4 nitrogen and oxygen atoms in total. The normalized spacial score (nSPS) is 17.6. The molecule has 1 aliphatic heterocycles. The van der Waals surface area contributed by atoms with Crippen LogP contribution in [0.5, 0.6) is 5.75 Å². The van der Waals surface area contributed by atoms with Crippen molar-refractivity contribution in [1.29, 1.82) is 0 Å². The van der Waals surface area contributed by atoms with Crippen molar-refractivity contribution in [2.24, 2.45) is 5.92 Å². The zero-order valence-corrected chi connectivity index (χ0v) is 15.8. The molecule has 2 aromatic rings. The highest BCUT2D eigenvalue weighted by molar-refractivity contribution is 9.11. The zero-order valence-electron chi connectivity index (χ0n) is 13.4. The third-order valence-electron chi connectivity index (χ3n) is 4.54. The monoisotopic (exact) mass is 409 g/mol. The number of halogens is 1. The molecule has 0 aliphatic carbocycles. The highest BCUT2D eigenvalue weighted by atomic mass is 79.9. The summed E-state index contributed by atoms with van der Waals surface area (Å²) in [6.07, 6.45) is 1.41. The molecule has 1 N–H and O–H groups in total. The average Bonchev–Trinajstić information content (AvgIpc) is 3.02. The van der Waals surface area contributed by atoms with Crippen molar-refractivity contribution in [3.8, 4) is 5.75 Å². The predicted octanol–water partition coefficient (Wildman–Crippen LogP) is 4.41. The fraction of sp³-hybridized carbons (Fsp3) is 0.389. The van der Waals surface area contributed by atoms with Gasteiger partial charge in [-0.05, 0) is 71.7 Å². The first-order valence-electron chi connectivity index (χ1n) is 7.94. The Balaban J connectivity index is 1.86. The molecule has 1 unspecified atom stereocenters. The van der Waals surface area contributed by atoms with Crippen molar-refractivity contribution in [1.82, 2.24) is 4.90 Å². The predicted molar refractivity (Wildman–Crippen MR) is 98.8 cm³/mol. The van der Waals surface area contributed by atoms with Gasteiger partial charge in [0.15, 0.2) is 0 Å². The van der Waals surface area contributed by atoms with E-state index in [1.54, 1.807) is 18.4 Å². The van der Waals surface area contributed by atoms with Crippen molar-refractivity contribution in [2.75, 3.05) is 20.2 Å². The Morgan fingerprint density at radius 2 is 1.92 bits per heavy atom. The average molecular weight is 410 g/mol. The van der Waals surface area contributed by atoms with E-state index in [4.69, 9.17) is 4.74 Å². The molecule has 0 bridgehead atoms. The molecule has 2 heterocycles. The molecule has 1 aromatic heterocycles. The Kier molecular flexibility index (Phi) is 5.58. The van der Waals surface area contributed by atoms with Gasteiger partial charge < -0.3 is 9.84 Å². The van der Waals surface area contributed by atoms with Gasteiger partial charge in [-0.15, -0.1) is 11.3 Å². The first-order valence-corrected chi connectivity index (χ1v) is 9.55. The van der Waals surface area contributed by atoms with Crippen LogP contribution in [0.1, 0.15) is 29.3 Å². The second-order valence-corrected chi connectivity index (χ2v) is 8.46. The number of carbonyl (C=O) groups is 1. The van der Waals surface area contributed by atoms with Crippen molar-refractivity contribution in [3.63, 3.8) is 0 Å².